The van der Waals surface area contributed by atoms with Crippen LogP contribution in [-0.2, 0) is 28.0 Å². The lowest BCUT2D eigenvalue weighted by Gasteiger charge is -2.43. The lowest BCUT2D eigenvalue weighted by atomic mass is 9.90. The minimum absolute atomic E-state index is 0.0210. The lowest BCUT2D eigenvalue weighted by molar-refractivity contribution is -0.137. The van der Waals surface area contributed by atoms with Crippen molar-refractivity contribution in [2.45, 2.75) is 83.1 Å². The van der Waals surface area contributed by atoms with E-state index in [2.05, 4.69) is 43.9 Å². The molecule has 12 heteroatoms. The van der Waals surface area contributed by atoms with Gasteiger partial charge in [0.2, 0.25) is 0 Å². The van der Waals surface area contributed by atoms with Crippen LogP contribution in [-0.4, -0.2) is 51.9 Å². The van der Waals surface area contributed by atoms with Crippen LogP contribution in [0.1, 0.15) is 83.6 Å². The van der Waals surface area contributed by atoms with E-state index in [1.807, 2.05) is 6.92 Å². The first kappa shape index (κ1) is 34.4. The molecule has 4 aromatic rings. The fourth-order valence-corrected chi connectivity index (χ4v) is 7.78. The number of aromatic nitrogens is 3. The molecule has 0 saturated heterocycles. The van der Waals surface area contributed by atoms with Crippen LogP contribution in [0.5, 0.6) is 0 Å². The van der Waals surface area contributed by atoms with Crippen LogP contribution in [0.25, 0.3) is 0 Å². The van der Waals surface area contributed by atoms with Gasteiger partial charge in [-0.3, -0.25) is 24.2 Å². The number of halogens is 3. The molecule has 2 aromatic carbocycles. The summed E-state index contributed by atoms with van der Waals surface area (Å²) in [7, 11) is -2.22. The molecule has 1 saturated carbocycles. The van der Waals surface area contributed by atoms with Crippen molar-refractivity contribution >= 4 is 43.2 Å². The fourth-order valence-electron chi connectivity index (χ4n) is 5.89. The van der Waals surface area contributed by atoms with Gasteiger partial charge in [0.15, 0.2) is 19.8 Å². The Morgan fingerprint density at radius 2 is 1.71 bits per heavy atom. The second-order valence-electron chi connectivity index (χ2n) is 14.1. The van der Waals surface area contributed by atoms with Crippen LogP contribution >= 0.6 is 23.2 Å². The second-order valence-corrected chi connectivity index (χ2v) is 19.7. The van der Waals surface area contributed by atoms with Gasteiger partial charge in [0.25, 0.3) is 5.91 Å². The van der Waals surface area contributed by atoms with Gasteiger partial charge in [0.05, 0.1) is 52.4 Å². The number of benzene rings is 2. The summed E-state index contributed by atoms with van der Waals surface area (Å²) in [5.74, 6) is -1.70. The fraction of sp³-hybridized carbons (Fsp3) is 0.389. The minimum Gasteiger partial charge on any atom is -0.409 e. The Morgan fingerprint density at radius 1 is 1.02 bits per heavy atom. The highest BCUT2D eigenvalue weighted by Gasteiger charge is 2.58. The number of pyridine rings is 1. The van der Waals surface area contributed by atoms with Crippen LogP contribution < -0.4 is 0 Å². The Morgan fingerprint density at radius 3 is 2.29 bits per heavy atom. The molecule has 6 rings (SSSR count). The average Bonchev–Trinajstić information content (AvgIpc) is 3.52. The third-order valence-corrected chi connectivity index (χ3v) is 14.8. The number of hydrogen-bond acceptors (Lipinski definition) is 6. The van der Waals surface area contributed by atoms with E-state index in [4.69, 9.17) is 32.4 Å². The molecule has 1 aliphatic heterocycles. The van der Waals surface area contributed by atoms with Gasteiger partial charge >= 0.3 is 0 Å². The molecule has 3 heterocycles. The van der Waals surface area contributed by atoms with Crippen molar-refractivity contribution in [1.29, 1.82) is 0 Å². The number of nitrogens with zero attached hydrogens (tertiary/aromatic N) is 4. The van der Waals surface area contributed by atoms with E-state index in [-0.39, 0.29) is 34.9 Å². The molecular weight excluding hydrogens is 670 g/mol. The molecule has 1 amide bonds. The van der Waals surface area contributed by atoms with Gasteiger partial charge in [-0.25, -0.2) is 4.39 Å². The highest BCUT2D eigenvalue weighted by molar-refractivity contribution is 6.74. The number of ether oxygens (including phenoxy) is 1. The van der Waals surface area contributed by atoms with E-state index in [1.54, 1.807) is 47.3 Å². The molecular formula is C36H39Cl2FN4O4Si. The summed E-state index contributed by atoms with van der Waals surface area (Å²) >= 11 is 12.5. The summed E-state index contributed by atoms with van der Waals surface area (Å²) in [6.07, 6.45) is 6.09. The second kappa shape index (κ2) is 12.5. The minimum atomic E-state index is -2.22. The first-order valence-electron chi connectivity index (χ1n) is 16.0. The van der Waals surface area contributed by atoms with E-state index in [0.29, 0.717) is 33.4 Å². The summed E-state index contributed by atoms with van der Waals surface area (Å²) in [5, 5.41) is 5.06. The third kappa shape index (κ3) is 6.25. The number of ketones is 1. The molecule has 1 atom stereocenters. The van der Waals surface area contributed by atoms with Crippen LogP contribution in [0.4, 0.5) is 4.39 Å². The molecule has 0 bridgehead atoms. The maximum atomic E-state index is 16.8. The zero-order chi connectivity index (χ0) is 34.6. The summed E-state index contributed by atoms with van der Waals surface area (Å²) in [4.78, 5) is 34.1. The zero-order valence-corrected chi connectivity index (χ0v) is 30.5. The van der Waals surface area contributed by atoms with Crippen LogP contribution in [0.2, 0.25) is 28.2 Å². The number of hydrogen-bond donors (Lipinski definition) is 0. The van der Waals surface area contributed by atoms with Gasteiger partial charge in [-0.15, -0.1) is 0 Å². The number of carbonyl (C=O) groups excluding carboxylic acids is 2. The molecule has 1 fully saturated rings. The smallest absolute Gasteiger partial charge is 0.257 e. The maximum Gasteiger partial charge on any atom is 0.257 e. The zero-order valence-electron chi connectivity index (χ0n) is 27.9. The molecule has 48 heavy (non-hydrogen) atoms. The average molecular weight is 710 g/mol. The number of carbonyl (C=O) groups is 2. The largest absolute Gasteiger partial charge is 0.409 e. The van der Waals surface area contributed by atoms with Crippen LogP contribution in [0.3, 0.4) is 0 Å². The molecule has 2 aliphatic rings. The molecule has 0 N–H and O–H groups in total. The standard InChI is InChI=1S/C36H39Cl2FN4O4Si/c1-7-42-20-24(18-41-42)32(44)23-16-29-31(30(39)17-23)36(25-8-10-26(37)11-9-25,43(33(29)45)21-28-13-12-27(38)19-40-28)46-22-35(14-15-35)47-48(5,6)34(2,3)4/h8-13,16-20H,7,14-15,21-22H2,1-6H3/t36-/m1/s1. The van der Waals surface area contributed by atoms with Crippen molar-refractivity contribution in [1.82, 2.24) is 19.7 Å². The number of aryl methyl sites for hydroxylation is 1. The third-order valence-electron chi connectivity index (χ3n) is 9.74. The van der Waals surface area contributed by atoms with Crippen molar-refractivity contribution < 1.29 is 23.1 Å². The van der Waals surface area contributed by atoms with Crippen LogP contribution in [0.15, 0.2) is 67.1 Å². The van der Waals surface area contributed by atoms with E-state index >= 15 is 4.39 Å². The van der Waals surface area contributed by atoms with Gasteiger partial charge in [0, 0.05) is 35.1 Å². The molecule has 0 radical (unpaired) electrons. The SMILES string of the molecule is CCn1cc(C(=O)c2cc(F)c3c(c2)C(=O)N(Cc2ccc(Cl)cn2)[C@@]3(OCC2(O[Si](C)(C)C(C)(C)C)CC2)c2ccc(Cl)cc2)cn1. The van der Waals surface area contributed by atoms with E-state index in [1.165, 1.54) is 29.4 Å². The number of fused-ring (bicyclic) bond motifs is 1. The van der Waals surface area contributed by atoms with E-state index < -0.39 is 37.2 Å². The van der Waals surface area contributed by atoms with Gasteiger partial charge in [-0.05, 0) is 74.3 Å². The Balaban J connectivity index is 1.50. The summed E-state index contributed by atoms with van der Waals surface area (Å²) in [5.41, 5.74) is -0.918. The number of amides is 1. The maximum absolute atomic E-state index is 16.8. The van der Waals surface area contributed by atoms with E-state index in [9.17, 15) is 9.59 Å². The van der Waals surface area contributed by atoms with Crippen LogP contribution in [0, 0.1) is 5.82 Å². The highest BCUT2D eigenvalue weighted by Crippen LogP contribution is 2.52. The molecule has 252 valence electrons. The van der Waals surface area contributed by atoms with Crippen molar-refractivity contribution in [3.63, 3.8) is 0 Å². The summed E-state index contributed by atoms with van der Waals surface area (Å²) in [6.45, 7) is 13.5. The molecule has 2 aromatic heterocycles. The predicted molar refractivity (Wildman–Crippen MR) is 185 cm³/mol. The van der Waals surface area contributed by atoms with Gasteiger partial charge in [0.1, 0.15) is 5.82 Å². The van der Waals surface area contributed by atoms with Crippen molar-refractivity contribution in [3.05, 3.63) is 116 Å². The summed E-state index contributed by atoms with van der Waals surface area (Å²) < 4.78 is 32.3. The van der Waals surface area contributed by atoms with Gasteiger partial charge in [-0.1, -0.05) is 56.1 Å². The highest BCUT2D eigenvalue weighted by atomic mass is 35.5. The topological polar surface area (TPSA) is 86.6 Å². The summed E-state index contributed by atoms with van der Waals surface area (Å²) in [6, 6.07) is 12.9. The normalized spacial score (nSPS) is 18.7. The Bertz CT molecular complexity index is 1870. The lowest BCUT2D eigenvalue weighted by Crippen LogP contribution is -2.50. The molecule has 0 unspecified atom stereocenters. The van der Waals surface area contributed by atoms with Gasteiger partial charge < -0.3 is 9.16 Å². The Hall–Kier alpha value is -3.41. The molecule has 0 spiro atoms. The first-order chi connectivity index (χ1) is 22.6. The van der Waals surface area contributed by atoms with Gasteiger partial charge in [-0.2, -0.15) is 5.10 Å². The Kier molecular flexibility index (Phi) is 8.96. The first-order valence-corrected chi connectivity index (χ1v) is 19.7. The quantitative estimate of drug-likeness (QED) is 0.115. The molecule has 1 aliphatic carbocycles. The van der Waals surface area contributed by atoms with Crippen molar-refractivity contribution in [3.8, 4) is 0 Å². The molecule has 8 nitrogen and oxygen atoms in total. The monoisotopic (exact) mass is 708 g/mol. The number of rotatable bonds is 11. The van der Waals surface area contributed by atoms with Crippen molar-refractivity contribution in [2.24, 2.45) is 0 Å². The van der Waals surface area contributed by atoms with E-state index in [0.717, 1.165) is 12.8 Å². The van der Waals surface area contributed by atoms with Crippen molar-refractivity contribution in [2.75, 3.05) is 6.61 Å². The Labute approximate surface area is 291 Å². The predicted octanol–water partition coefficient (Wildman–Crippen LogP) is 8.40.